The third kappa shape index (κ3) is 5.50. The molecule has 2 unspecified atom stereocenters. The minimum atomic E-state index is -0.629. The summed E-state index contributed by atoms with van der Waals surface area (Å²) >= 11 is 1.27. The maximum Gasteiger partial charge on any atom is 0.249 e. The average Bonchev–Trinajstić information content (AvgIpc) is 3.13. The molecule has 1 aromatic carbocycles. The van der Waals surface area contributed by atoms with E-state index in [2.05, 4.69) is 20.8 Å². The average molecular weight is 391 g/mol. The molecule has 1 heterocycles. The van der Waals surface area contributed by atoms with Gasteiger partial charge in [-0.3, -0.25) is 14.9 Å². The summed E-state index contributed by atoms with van der Waals surface area (Å²) in [5, 5.41) is 14.8. The molecule has 0 aliphatic carbocycles. The van der Waals surface area contributed by atoms with Crippen molar-refractivity contribution >= 4 is 28.3 Å². The van der Waals surface area contributed by atoms with E-state index >= 15 is 0 Å². The van der Waals surface area contributed by atoms with Crippen LogP contribution in [0.25, 0.3) is 10.6 Å². The molecule has 0 saturated carbocycles. The van der Waals surface area contributed by atoms with Crippen LogP contribution in [0.5, 0.6) is 5.75 Å². The summed E-state index contributed by atoms with van der Waals surface area (Å²) < 4.78 is 5.22. The molecular formula is C19H26N4O3S. The van der Waals surface area contributed by atoms with Gasteiger partial charge in [0.25, 0.3) is 0 Å². The zero-order valence-electron chi connectivity index (χ0n) is 16.3. The Morgan fingerprint density at radius 1 is 1.19 bits per heavy atom. The van der Waals surface area contributed by atoms with Crippen molar-refractivity contribution in [3.05, 3.63) is 24.3 Å². The van der Waals surface area contributed by atoms with Gasteiger partial charge < -0.3 is 10.1 Å². The van der Waals surface area contributed by atoms with Crippen molar-refractivity contribution in [1.29, 1.82) is 0 Å². The molecule has 1 aromatic heterocycles. The Morgan fingerprint density at radius 2 is 1.93 bits per heavy atom. The number of benzene rings is 1. The highest BCUT2D eigenvalue weighted by molar-refractivity contribution is 7.18. The Morgan fingerprint density at radius 3 is 2.56 bits per heavy atom. The van der Waals surface area contributed by atoms with Crippen molar-refractivity contribution in [3.63, 3.8) is 0 Å². The first-order valence-corrected chi connectivity index (χ1v) is 9.76. The van der Waals surface area contributed by atoms with E-state index in [4.69, 9.17) is 4.74 Å². The molecule has 2 atom stereocenters. The van der Waals surface area contributed by atoms with Crippen molar-refractivity contribution in [1.82, 2.24) is 15.5 Å². The van der Waals surface area contributed by atoms with Crippen LogP contribution in [0.1, 0.15) is 34.1 Å². The molecule has 0 bridgehead atoms. The molecule has 0 aliphatic heterocycles. The highest BCUT2D eigenvalue weighted by Gasteiger charge is 2.26. The van der Waals surface area contributed by atoms with E-state index in [0.29, 0.717) is 10.1 Å². The smallest absolute Gasteiger partial charge is 0.249 e. The Hall–Kier alpha value is -2.48. The third-order valence-corrected chi connectivity index (χ3v) is 5.17. The third-order valence-electron chi connectivity index (χ3n) is 4.28. The number of carbonyl (C=O) groups excluding carboxylic acids is 2. The summed E-state index contributed by atoms with van der Waals surface area (Å²) in [4.78, 5) is 24.8. The molecule has 8 heteroatoms. The molecule has 27 heavy (non-hydrogen) atoms. The van der Waals surface area contributed by atoms with Gasteiger partial charge in [0.2, 0.25) is 16.9 Å². The van der Waals surface area contributed by atoms with Gasteiger partial charge in [-0.05, 0) is 24.5 Å². The summed E-state index contributed by atoms with van der Waals surface area (Å²) in [6.45, 7) is 7.57. The van der Waals surface area contributed by atoms with E-state index in [0.717, 1.165) is 17.7 Å². The van der Waals surface area contributed by atoms with Gasteiger partial charge in [-0.15, -0.1) is 10.2 Å². The molecule has 0 aliphatic rings. The molecule has 2 aromatic rings. The van der Waals surface area contributed by atoms with Gasteiger partial charge in [-0.25, -0.2) is 0 Å². The monoisotopic (exact) mass is 390 g/mol. The Bertz CT molecular complexity index is 791. The molecule has 0 fully saturated rings. The minimum Gasteiger partial charge on any atom is -0.497 e. The predicted molar refractivity (Wildman–Crippen MR) is 107 cm³/mol. The lowest BCUT2D eigenvalue weighted by Gasteiger charge is -2.22. The van der Waals surface area contributed by atoms with Crippen LogP contribution in [0.4, 0.5) is 5.13 Å². The summed E-state index contributed by atoms with van der Waals surface area (Å²) in [6, 6.07) is 6.84. The van der Waals surface area contributed by atoms with Gasteiger partial charge in [-0.2, -0.15) is 0 Å². The largest absolute Gasteiger partial charge is 0.497 e. The van der Waals surface area contributed by atoms with Gasteiger partial charge in [0, 0.05) is 11.5 Å². The Balaban J connectivity index is 2.09. The van der Waals surface area contributed by atoms with E-state index in [1.807, 2.05) is 52.0 Å². The second-order valence-electron chi connectivity index (χ2n) is 6.67. The second-order valence-corrected chi connectivity index (χ2v) is 7.65. The summed E-state index contributed by atoms with van der Waals surface area (Å²) in [5.41, 5.74) is 0.859. The van der Waals surface area contributed by atoms with Crippen LogP contribution in [-0.4, -0.2) is 35.2 Å². The van der Waals surface area contributed by atoms with E-state index in [9.17, 15) is 9.59 Å². The zero-order valence-corrected chi connectivity index (χ0v) is 17.1. The van der Waals surface area contributed by atoms with Crippen molar-refractivity contribution in [3.8, 4) is 16.3 Å². The lowest BCUT2D eigenvalue weighted by atomic mass is 10.0. The van der Waals surface area contributed by atoms with Gasteiger partial charge in [0.15, 0.2) is 0 Å². The molecular weight excluding hydrogens is 364 g/mol. The fourth-order valence-corrected chi connectivity index (χ4v) is 3.09. The quantitative estimate of drug-likeness (QED) is 0.721. The zero-order chi connectivity index (χ0) is 20.0. The number of rotatable bonds is 8. The number of carbonyl (C=O) groups is 2. The van der Waals surface area contributed by atoms with Crippen LogP contribution in [0.2, 0.25) is 0 Å². The Labute approximate surface area is 163 Å². The van der Waals surface area contributed by atoms with E-state index in [1.54, 1.807) is 7.11 Å². The van der Waals surface area contributed by atoms with Crippen molar-refractivity contribution in [2.24, 2.45) is 11.8 Å². The number of hydrogen-bond acceptors (Lipinski definition) is 6. The fourth-order valence-electron chi connectivity index (χ4n) is 2.35. The first kappa shape index (κ1) is 20.8. The summed E-state index contributed by atoms with van der Waals surface area (Å²) in [7, 11) is 1.60. The molecule has 0 saturated heterocycles. The molecule has 7 nitrogen and oxygen atoms in total. The molecule has 0 radical (unpaired) electrons. The van der Waals surface area contributed by atoms with Gasteiger partial charge in [-0.1, -0.05) is 51.2 Å². The van der Waals surface area contributed by atoms with Gasteiger partial charge >= 0.3 is 0 Å². The highest BCUT2D eigenvalue weighted by atomic mass is 32.1. The van der Waals surface area contributed by atoms with E-state index < -0.39 is 6.04 Å². The lowest BCUT2D eigenvalue weighted by molar-refractivity contribution is -0.129. The number of anilines is 1. The summed E-state index contributed by atoms with van der Waals surface area (Å²) in [5.74, 6) is 0.112. The SMILES string of the molecule is CCC(C)C(=O)NC(C(=O)Nc1nnc(-c2cccc(OC)c2)s1)C(C)C. The van der Waals surface area contributed by atoms with Crippen LogP contribution in [0, 0.1) is 11.8 Å². The topological polar surface area (TPSA) is 93.2 Å². The predicted octanol–water partition coefficient (Wildman–Crippen LogP) is 3.34. The number of methoxy groups -OCH3 is 1. The molecule has 0 spiro atoms. The molecule has 2 amide bonds. The molecule has 2 rings (SSSR count). The second kappa shape index (κ2) is 9.45. The first-order chi connectivity index (χ1) is 12.8. The maximum absolute atomic E-state index is 12.6. The van der Waals surface area contributed by atoms with Crippen molar-refractivity contribution < 1.29 is 14.3 Å². The molecule has 2 N–H and O–H groups in total. The Kier molecular flexibility index (Phi) is 7.29. The van der Waals surface area contributed by atoms with Crippen LogP contribution >= 0.6 is 11.3 Å². The normalized spacial score (nSPS) is 13.1. The van der Waals surface area contributed by atoms with Crippen LogP contribution < -0.4 is 15.4 Å². The van der Waals surface area contributed by atoms with Gasteiger partial charge in [0.05, 0.1) is 7.11 Å². The minimum absolute atomic E-state index is 0.0521. The number of amides is 2. The van der Waals surface area contributed by atoms with Crippen molar-refractivity contribution in [2.75, 3.05) is 12.4 Å². The number of ether oxygens (including phenoxy) is 1. The highest BCUT2D eigenvalue weighted by Crippen LogP contribution is 2.28. The van der Waals surface area contributed by atoms with E-state index in [-0.39, 0.29) is 23.7 Å². The first-order valence-electron chi connectivity index (χ1n) is 8.94. The van der Waals surface area contributed by atoms with Crippen molar-refractivity contribution in [2.45, 2.75) is 40.2 Å². The number of aromatic nitrogens is 2. The van der Waals surface area contributed by atoms with Crippen LogP contribution in [0.3, 0.4) is 0 Å². The number of hydrogen-bond donors (Lipinski definition) is 2. The maximum atomic E-state index is 12.6. The standard InChI is InChI=1S/C19H26N4O3S/c1-6-12(4)16(24)20-15(11(2)3)17(25)21-19-23-22-18(27-19)13-8-7-9-14(10-13)26-5/h7-12,15H,6H2,1-5H3,(H,20,24)(H,21,23,25). The fraction of sp³-hybridized carbons (Fsp3) is 0.474. The van der Waals surface area contributed by atoms with Crippen LogP contribution in [0.15, 0.2) is 24.3 Å². The number of nitrogens with zero attached hydrogens (tertiary/aromatic N) is 2. The number of nitrogens with one attached hydrogen (secondary N) is 2. The summed E-state index contributed by atoms with van der Waals surface area (Å²) in [6.07, 6.45) is 0.721. The van der Waals surface area contributed by atoms with Crippen LogP contribution in [-0.2, 0) is 9.59 Å². The van der Waals surface area contributed by atoms with Gasteiger partial charge in [0.1, 0.15) is 16.8 Å². The van der Waals surface area contributed by atoms with E-state index in [1.165, 1.54) is 11.3 Å². The molecule has 146 valence electrons. The lowest BCUT2D eigenvalue weighted by Crippen LogP contribution is -2.48.